The third-order valence-electron chi connectivity index (χ3n) is 6.41. The first-order valence-electron chi connectivity index (χ1n) is 12.0. The molecule has 10 nitrogen and oxygen atoms in total. The molecule has 0 spiro atoms. The Bertz CT molecular complexity index is 1350. The van der Waals surface area contributed by atoms with Gasteiger partial charge in [0.2, 0.25) is 5.91 Å². The van der Waals surface area contributed by atoms with Crippen LogP contribution in [0.3, 0.4) is 0 Å². The summed E-state index contributed by atoms with van der Waals surface area (Å²) in [5.74, 6) is -1.87. The highest BCUT2D eigenvalue weighted by Crippen LogP contribution is 2.31. The Balaban J connectivity index is 1.75. The maximum Gasteiger partial charge on any atom is 0.275 e. The van der Waals surface area contributed by atoms with E-state index in [0.717, 1.165) is 6.42 Å². The van der Waals surface area contributed by atoms with Crippen molar-refractivity contribution in [3.63, 3.8) is 0 Å². The van der Waals surface area contributed by atoms with Gasteiger partial charge in [-0.25, -0.2) is 5.14 Å². The van der Waals surface area contributed by atoms with E-state index in [1.807, 2.05) is 12.1 Å². The van der Waals surface area contributed by atoms with Crippen LogP contribution in [-0.2, 0) is 19.8 Å². The van der Waals surface area contributed by atoms with Gasteiger partial charge in [0.1, 0.15) is 17.9 Å². The van der Waals surface area contributed by atoms with Crippen molar-refractivity contribution in [3.05, 3.63) is 93.7 Å². The molecule has 8 N–H and O–H groups in total. The van der Waals surface area contributed by atoms with Gasteiger partial charge >= 0.3 is 0 Å². The topological polar surface area (TPSA) is 180 Å². The van der Waals surface area contributed by atoms with E-state index in [1.54, 1.807) is 60.0 Å². The molecule has 2 aromatic carbocycles. The summed E-state index contributed by atoms with van der Waals surface area (Å²) in [4.78, 5) is 28.0. The number of benzene rings is 2. The lowest BCUT2D eigenvalue weighted by Crippen LogP contribution is -2.54. The Hall–Kier alpha value is -3.42. The van der Waals surface area contributed by atoms with Gasteiger partial charge in [-0.2, -0.15) is 13.1 Å². The van der Waals surface area contributed by atoms with Gasteiger partial charge in [-0.3, -0.25) is 15.0 Å². The summed E-state index contributed by atoms with van der Waals surface area (Å²) < 4.78 is 26.8. The Morgan fingerprint density at radius 2 is 1.66 bits per heavy atom. The normalized spacial score (nSPS) is 17.2. The molecule has 1 saturated heterocycles. The monoisotopic (exact) mass is 554 g/mol. The number of hydrogen-bond donors (Lipinski definition) is 6. The Labute approximate surface area is 225 Å². The van der Waals surface area contributed by atoms with Gasteiger partial charge in [0.15, 0.2) is 5.78 Å². The van der Waals surface area contributed by atoms with Crippen LogP contribution in [0.15, 0.2) is 72.1 Å². The second-order valence-corrected chi connectivity index (χ2v) is 11.4. The molecule has 38 heavy (non-hydrogen) atoms. The van der Waals surface area contributed by atoms with E-state index in [0.29, 0.717) is 34.5 Å². The number of nitrogens with two attached hydrogens (primary N) is 2. The van der Waals surface area contributed by atoms with Gasteiger partial charge in [0.25, 0.3) is 10.2 Å². The van der Waals surface area contributed by atoms with Crippen LogP contribution in [0, 0.1) is 5.41 Å². The highest BCUT2D eigenvalue weighted by Gasteiger charge is 2.38. The number of rotatable bonds is 11. The summed E-state index contributed by atoms with van der Waals surface area (Å²) >= 11 is 1.19. The SMILES string of the molecule is N=C(N)c1csc(C(NC(=O)[C@H](NS(N)(=O)=O)C(c2ccccc2)c2ccccc2)C(=O)[C@@H]2CCCN2)c1. The van der Waals surface area contributed by atoms with Gasteiger partial charge in [0.05, 0.1) is 6.04 Å². The molecule has 1 aromatic heterocycles. The molecule has 3 atom stereocenters. The first-order valence-corrected chi connectivity index (χ1v) is 14.5. The lowest BCUT2D eigenvalue weighted by atomic mass is 9.84. The number of ketones is 1. The van der Waals surface area contributed by atoms with Crippen molar-refractivity contribution in [2.45, 2.75) is 36.9 Å². The Morgan fingerprint density at radius 1 is 1.05 bits per heavy atom. The van der Waals surface area contributed by atoms with Gasteiger partial charge < -0.3 is 16.4 Å². The van der Waals surface area contributed by atoms with Gasteiger partial charge in [0, 0.05) is 21.7 Å². The molecule has 1 amide bonds. The van der Waals surface area contributed by atoms with E-state index < -0.39 is 40.2 Å². The van der Waals surface area contributed by atoms with Crippen LogP contribution in [0.2, 0.25) is 0 Å². The fourth-order valence-corrected chi connectivity index (χ4v) is 6.20. The van der Waals surface area contributed by atoms with E-state index in [-0.39, 0.29) is 11.6 Å². The summed E-state index contributed by atoms with van der Waals surface area (Å²) in [7, 11) is -4.32. The van der Waals surface area contributed by atoms with E-state index in [2.05, 4.69) is 15.4 Å². The number of Topliss-reactive ketones (excluding diaryl/α,β-unsaturated/α-hetero) is 1. The maximum absolute atomic E-state index is 13.9. The van der Waals surface area contributed by atoms with E-state index >= 15 is 0 Å². The van der Waals surface area contributed by atoms with Crippen LogP contribution in [-0.4, -0.2) is 44.6 Å². The van der Waals surface area contributed by atoms with Crippen LogP contribution in [0.5, 0.6) is 0 Å². The zero-order valence-corrected chi connectivity index (χ0v) is 22.1. The smallest absolute Gasteiger partial charge is 0.275 e. The highest BCUT2D eigenvalue weighted by atomic mass is 32.2. The van der Waals surface area contributed by atoms with Crippen LogP contribution < -0.4 is 26.2 Å². The average molecular weight is 555 g/mol. The van der Waals surface area contributed by atoms with E-state index in [1.165, 1.54) is 11.3 Å². The van der Waals surface area contributed by atoms with Crippen molar-refractivity contribution in [1.29, 1.82) is 5.41 Å². The molecule has 2 heterocycles. The zero-order chi connectivity index (χ0) is 27.3. The number of hydrogen-bond acceptors (Lipinski definition) is 7. The van der Waals surface area contributed by atoms with Gasteiger partial charge in [-0.1, -0.05) is 60.7 Å². The predicted molar refractivity (Wildman–Crippen MR) is 147 cm³/mol. The van der Waals surface area contributed by atoms with Crippen molar-refractivity contribution in [2.75, 3.05) is 6.54 Å². The number of carbonyl (C=O) groups excluding carboxylic acids is 2. The lowest BCUT2D eigenvalue weighted by Gasteiger charge is -2.29. The van der Waals surface area contributed by atoms with Crippen molar-refractivity contribution in [2.24, 2.45) is 10.9 Å². The first-order chi connectivity index (χ1) is 18.1. The van der Waals surface area contributed by atoms with Crippen LogP contribution in [0.4, 0.5) is 0 Å². The van der Waals surface area contributed by atoms with Gasteiger partial charge in [-0.15, -0.1) is 11.3 Å². The largest absolute Gasteiger partial charge is 0.384 e. The van der Waals surface area contributed by atoms with Crippen LogP contribution in [0.25, 0.3) is 0 Å². The molecule has 12 heteroatoms. The number of carbonyl (C=O) groups is 2. The van der Waals surface area contributed by atoms with Crippen molar-refractivity contribution < 1.29 is 18.0 Å². The summed E-state index contributed by atoms with van der Waals surface area (Å²) in [6.45, 7) is 0.680. The second-order valence-electron chi connectivity index (χ2n) is 9.08. The molecule has 200 valence electrons. The molecule has 0 radical (unpaired) electrons. The molecule has 1 aliphatic rings. The molecule has 1 fully saturated rings. The second kappa shape index (κ2) is 12.0. The molecule has 0 saturated carbocycles. The minimum absolute atomic E-state index is 0.161. The minimum Gasteiger partial charge on any atom is -0.384 e. The van der Waals surface area contributed by atoms with Gasteiger partial charge in [-0.05, 0) is 36.6 Å². The Kier molecular flexibility index (Phi) is 8.69. The molecule has 0 bridgehead atoms. The molecule has 4 rings (SSSR count). The summed E-state index contributed by atoms with van der Waals surface area (Å²) in [6.07, 6.45) is 1.44. The molecule has 1 unspecified atom stereocenters. The fourth-order valence-electron chi connectivity index (χ4n) is 4.64. The average Bonchev–Trinajstić information content (AvgIpc) is 3.60. The quantitative estimate of drug-likeness (QED) is 0.154. The summed E-state index contributed by atoms with van der Waals surface area (Å²) in [5, 5.41) is 20.7. The van der Waals surface area contributed by atoms with E-state index in [4.69, 9.17) is 16.3 Å². The number of amides is 1. The number of nitrogens with one attached hydrogen (secondary N) is 4. The fraction of sp³-hybridized carbons (Fsp3) is 0.269. The molecular formula is C26H30N6O4S2. The molecular weight excluding hydrogens is 524 g/mol. The van der Waals surface area contributed by atoms with E-state index in [9.17, 15) is 18.0 Å². The maximum atomic E-state index is 13.9. The highest BCUT2D eigenvalue weighted by molar-refractivity contribution is 7.87. The lowest BCUT2D eigenvalue weighted by molar-refractivity contribution is -0.129. The molecule has 0 aliphatic carbocycles. The zero-order valence-electron chi connectivity index (χ0n) is 20.5. The number of nitrogen functional groups attached to an aromatic ring is 1. The number of amidine groups is 1. The predicted octanol–water partition coefficient (Wildman–Crippen LogP) is 1.50. The summed E-state index contributed by atoms with van der Waals surface area (Å²) in [6, 6.07) is 16.7. The third-order valence-corrected chi connectivity index (χ3v) is 7.99. The van der Waals surface area contributed by atoms with Crippen LogP contribution in [0.1, 0.15) is 46.4 Å². The molecule has 1 aliphatic heterocycles. The minimum atomic E-state index is -4.32. The Morgan fingerprint density at radius 3 is 2.13 bits per heavy atom. The first kappa shape index (κ1) is 27.6. The molecule has 3 aromatic rings. The third kappa shape index (κ3) is 6.71. The van der Waals surface area contributed by atoms with Crippen molar-refractivity contribution in [1.82, 2.24) is 15.4 Å². The van der Waals surface area contributed by atoms with Crippen LogP contribution >= 0.6 is 11.3 Å². The number of thiophene rings is 1. The summed E-state index contributed by atoms with van der Waals surface area (Å²) in [5.41, 5.74) is 7.43. The standard InChI is InChI=1S/C26H30N6O4S2/c27-25(28)18-14-20(37-15-18)22(24(33)19-12-7-13-30-19)31-26(34)23(32-38(29,35)36)21(16-8-3-1-4-9-16)17-10-5-2-6-11-17/h1-6,8-11,14-15,19,21-23,30,32H,7,12-13H2,(H3,27,28)(H,31,34)(H2,29,35,36)/t19-,22?,23+/m0/s1. The van der Waals surface area contributed by atoms with Crippen molar-refractivity contribution >= 4 is 39.1 Å². The van der Waals surface area contributed by atoms with Crippen molar-refractivity contribution in [3.8, 4) is 0 Å².